The minimum absolute atomic E-state index is 0.840. The summed E-state index contributed by atoms with van der Waals surface area (Å²) in [7, 11) is 0. The summed E-state index contributed by atoms with van der Waals surface area (Å²) in [6.07, 6.45) is 1.08. The van der Waals surface area contributed by atoms with Crippen LogP contribution in [0.15, 0.2) is 24.3 Å². The van der Waals surface area contributed by atoms with Crippen molar-refractivity contribution in [2.75, 3.05) is 5.73 Å². The van der Waals surface area contributed by atoms with Gasteiger partial charge in [-0.15, -0.1) is 0 Å². The first-order valence-corrected chi connectivity index (χ1v) is 5.17. The van der Waals surface area contributed by atoms with Gasteiger partial charge in [-0.1, -0.05) is 46.8 Å². The van der Waals surface area contributed by atoms with Crippen molar-refractivity contribution in [2.45, 2.75) is 41.0 Å². The fourth-order valence-electron chi connectivity index (χ4n) is 0.753. The molecule has 1 rings (SSSR count). The molecular weight excluding hydrogens is 158 g/mol. The van der Waals surface area contributed by atoms with Crippen molar-refractivity contribution in [1.82, 2.24) is 0 Å². The Balaban J connectivity index is 0. The highest BCUT2D eigenvalue weighted by molar-refractivity contribution is 5.39. The summed E-state index contributed by atoms with van der Waals surface area (Å²) in [5, 5.41) is 0. The molecule has 1 aromatic carbocycles. The molecule has 1 heteroatoms. The molecule has 0 fully saturated rings. The molecule has 0 aliphatic rings. The van der Waals surface area contributed by atoms with E-state index in [9.17, 15) is 0 Å². The lowest BCUT2D eigenvalue weighted by Crippen LogP contribution is -1.84. The SMILES string of the molecule is CC.CC.CCc1ccc(N)cc1. The van der Waals surface area contributed by atoms with Gasteiger partial charge in [-0.25, -0.2) is 0 Å². The average Bonchev–Trinajstić information content (AvgIpc) is 2.25. The molecule has 0 saturated heterocycles. The predicted molar refractivity (Wildman–Crippen MR) is 62.9 cm³/mol. The van der Waals surface area contributed by atoms with Crippen LogP contribution in [-0.2, 0) is 6.42 Å². The summed E-state index contributed by atoms with van der Waals surface area (Å²) < 4.78 is 0. The maximum atomic E-state index is 5.48. The van der Waals surface area contributed by atoms with Crippen LogP contribution < -0.4 is 5.73 Å². The van der Waals surface area contributed by atoms with E-state index >= 15 is 0 Å². The summed E-state index contributed by atoms with van der Waals surface area (Å²) in [4.78, 5) is 0. The molecule has 0 aliphatic carbocycles. The van der Waals surface area contributed by atoms with Crippen molar-refractivity contribution < 1.29 is 0 Å². The second kappa shape index (κ2) is 11.0. The van der Waals surface area contributed by atoms with E-state index in [1.54, 1.807) is 0 Å². The zero-order chi connectivity index (χ0) is 10.7. The van der Waals surface area contributed by atoms with Crippen LogP contribution in [0.2, 0.25) is 0 Å². The molecule has 1 nitrogen and oxygen atoms in total. The average molecular weight is 181 g/mol. The number of nitrogen functional groups attached to an aromatic ring is 1. The highest BCUT2D eigenvalue weighted by Gasteiger charge is 1.85. The number of aryl methyl sites for hydroxylation is 1. The molecule has 2 N–H and O–H groups in total. The highest BCUT2D eigenvalue weighted by atomic mass is 14.5. The van der Waals surface area contributed by atoms with E-state index in [2.05, 4.69) is 19.1 Å². The van der Waals surface area contributed by atoms with Gasteiger partial charge >= 0.3 is 0 Å². The van der Waals surface area contributed by atoms with Crippen LogP contribution in [-0.4, -0.2) is 0 Å². The Morgan fingerprint density at radius 3 is 1.62 bits per heavy atom. The van der Waals surface area contributed by atoms with E-state index in [1.165, 1.54) is 5.56 Å². The van der Waals surface area contributed by atoms with Crippen molar-refractivity contribution in [1.29, 1.82) is 0 Å². The Kier molecular flexibility index (Phi) is 12.3. The first-order valence-electron chi connectivity index (χ1n) is 5.17. The molecular formula is C12H23N. The second-order valence-corrected chi connectivity index (χ2v) is 2.10. The molecule has 0 spiro atoms. The highest BCUT2D eigenvalue weighted by Crippen LogP contribution is 2.04. The number of hydrogen-bond acceptors (Lipinski definition) is 1. The maximum absolute atomic E-state index is 5.48. The molecule has 0 radical (unpaired) electrons. The van der Waals surface area contributed by atoms with Crippen molar-refractivity contribution in [3.05, 3.63) is 29.8 Å². The Bertz CT molecular complexity index is 177. The fraction of sp³-hybridized carbons (Fsp3) is 0.500. The second-order valence-electron chi connectivity index (χ2n) is 2.10. The summed E-state index contributed by atoms with van der Waals surface area (Å²) in [6, 6.07) is 7.96. The standard InChI is InChI=1S/C8H11N.2C2H6/c1-2-7-3-5-8(9)6-4-7;2*1-2/h3-6H,2,9H2,1H3;2*1-2H3. The smallest absolute Gasteiger partial charge is 0.0314 e. The van der Waals surface area contributed by atoms with Crippen LogP contribution in [0.4, 0.5) is 5.69 Å². The minimum Gasteiger partial charge on any atom is -0.399 e. The van der Waals surface area contributed by atoms with E-state index in [-0.39, 0.29) is 0 Å². The van der Waals surface area contributed by atoms with Gasteiger partial charge in [0.15, 0.2) is 0 Å². The summed E-state index contributed by atoms with van der Waals surface area (Å²) in [6.45, 7) is 10.1. The molecule has 13 heavy (non-hydrogen) atoms. The summed E-state index contributed by atoms with van der Waals surface area (Å²) in [5.41, 5.74) is 7.66. The van der Waals surface area contributed by atoms with Crippen LogP contribution >= 0.6 is 0 Å². The van der Waals surface area contributed by atoms with Gasteiger partial charge in [0.25, 0.3) is 0 Å². The lowest BCUT2D eigenvalue weighted by molar-refractivity contribution is 1.14. The molecule has 0 aromatic heterocycles. The van der Waals surface area contributed by atoms with Gasteiger partial charge in [-0.05, 0) is 24.1 Å². The summed E-state index contributed by atoms with van der Waals surface area (Å²) in [5.74, 6) is 0. The normalized spacial score (nSPS) is 7.46. The fourth-order valence-corrected chi connectivity index (χ4v) is 0.753. The van der Waals surface area contributed by atoms with Crippen LogP contribution in [0, 0.1) is 0 Å². The minimum atomic E-state index is 0.840. The van der Waals surface area contributed by atoms with Crippen LogP contribution in [0.5, 0.6) is 0 Å². The Labute approximate surface area is 83.0 Å². The van der Waals surface area contributed by atoms with Crippen LogP contribution in [0.3, 0.4) is 0 Å². The number of benzene rings is 1. The van der Waals surface area contributed by atoms with Gasteiger partial charge in [-0.2, -0.15) is 0 Å². The molecule has 0 amide bonds. The zero-order valence-corrected chi connectivity index (χ0v) is 9.59. The van der Waals surface area contributed by atoms with Gasteiger partial charge in [0.2, 0.25) is 0 Å². The maximum Gasteiger partial charge on any atom is 0.0314 e. The van der Waals surface area contributed by atoms with E-state index in [0.717, 1.165) is 12.1 Å². The molecule has 0 atom stereocenters. The topological polar surface area (TPSA) is 26.0 Å². The molecule has 1 aromatic rings. The van der Waals surface area contributed by atoms with E-state index in [1.807, 2.05) is 39.8 Å². The summed E-state index contributed by atoms with van der Waals surface area (Å²) >= 11 is 0. The first-order chi connectivity index (χ1) is 6.33. The van der Waals surface area contributed by atoms with E-state index < -0.39 is 0 Å². The van der Waals surface area contributed by atoms with Crippen molar-refractivity contribution in [2.24, 2.45) is 0 Å². The van der Waals surface area contributed by atoms with Crippen molar-refractivity contribution >= 4 is 5.69 Å². The lowest BCUT2D eigenvalue weighted by atomic mass is 10.2. The van der Waals surface area contributed by atoms with Gasteiger partial charge in [-0.3, -0.25) is 0 Å². The molecule has 76 valence electrons. The number of hydrogen-bond donors (Lipinski definition) is 1. The third kappa shape index (κ3) is 7.38. The predicted octanol–water partition coefficient (Wildman–Crippen LogP) is 3.88. The number of anilines is 1. The number of rotatable bonds is 1. The molecule has 0 heterocycles. The Morgan fingerprint density at radius 1 is 0.923 bits per heavy atom. The van der Waals surface area contributed by atoms with Crippen LogP contribution in [0.1, 0.15) is 40.2 Å². The van der Waals surface area contributed by atoms with Gasteiger partial charge < -0.3 is 5.73 Å². The van der Waals surface area contributed by atoms with Gasteiger partial charge in [0, 0.05) is 5.69 Å². The van der Waals surface area contributed by atoms with Crippen molar-refractivity contribution in [3.8, 4) is 0 Å². The Hall–Kier alpha value is -0.980. The third-order valence-corrected chi connectivity index (χ3v) is 1.39. The van der Waals surface area contributed by atoms with E-state index in [4.69, 9.17) is 5.73 Å². The van der Waals surface area contributed by atoms with Gasteiger partial charge in [0.05, 0.1) is 0 Å². The van der Waals surface area contributed by atoms with E-state index in [0.29, 0.717) is 0 Å². The van der Waals surface area contributed by atoms with Crippen LogP contribution in [0.25, 0.3) is 0 Å². The lowest BCUT2D eigenvalue weighted by Gasteiger charge is -1.94. The monoisotopic (exact) mass is 181 g/mol. The molecule has 0 unspecified atom stereocenters. The molecule has 0 saturated carbocycles. The number of nitrogens with two attached hydrogens (primary N) is 1. The Morgan fingerprint density at radius 2 is 1.31 bits per heavy atom. The first kappa shape index (κ1) is 14.5. The third-order valence-electron chi connectivity index (χ3n) is 1.39. The quantitative estimate of drug-likeness (QED) is 0.654. The van der Waals surface area contributed by atoms with Crippen molar-refractivity contribution in [3.63, 3.8) is 0 Å². The van der Waals surface area contributed by atoms with Gasteiger partial charge in [0.1, 0.15) is 0 Å². The largest absolute Gasteiger partial charge is 0.399 e. The zero-order valence-electron chi connectivity index (χ0n) is 9.59. The molecule has 0 bridgehead atoms. The molecule has 0 aliphatic heterocycles.